The molecule has 1 aliphatic rings. The average molecular weight is 217 g/mol. The standard InChI is InChI=1S/C13H15NO2/c1-9(2)11-8-12(15)16-13(14-11)10-6-4-3-5-7-10/h3-7,9,11H,8H2,1-2H3/t11-/m1/s1. The van der Waals surface area contributed by atoms with E-state index in [0.717, 1.165) is 5.56 Å². The van der Waals surface area contributed by atoms with Crippen molar-refractivity contribution in [3.63, 3.8) is 0 Å². The van der Waals surface area contributed by atoms with Crippen molar-refractivity contribution in [1.29, 1.82) is 0 Å². The molecule has 0 aromatic heterocycles. The Hall–Kier alpha value is -1.64. The monoisotopic (exact) mass is 217 g/mol. The van der Waals surface area contributed by atoms with Gasteiger partial charge in [-0.2, -0.15) is 0 Å². The number of ether oxygens (including phenoxy) is 1. The van der Waals surface area contributed by atoms with E-state index in [9.17, 15) is 4.79 Å². The van der Waals surface area contributed by atoms with Crippen LogP contribution in [0, 0.1) is 5.92 Å². The molecule has 84 valence electrons. The van der Waals surface area contributed by atoms with E-state index in [4.69, 9.17) is 4.74 Å². The number of rotatable bonds is 2. The fourth-order valence-electron chi connectivity index (χ4n) is 1.64. The van der Waals surface area contributed by atoms with Crippen LogP contribution in [0.25, 0.3) is 0 Å². The van der Waals surface area contributed by atoms with Gasteiger partial charge >= 0.3 is 5.97 Å². The van der Waals surface area contributed by atoms with Crippen molar-refractivity contribution in [2.24, 2.45) is 10.9 Å². The summed E-state index contributed by atoms with van der Waals surface area (Å²) in [7, 11) is 0. The SMILES string of the molecule is CC(C)[C@H]1CC(=O)OC(c2ccccc2)=N1. The molecule has 1 atom stereocenters. The number of carbonyl (C=O) groups is 1. The van der Waals surface area contributed by atoms with Gasteiger partial charge in [0.1, 0.15) is 0 Å². The second-order valence-electron chi connectivity index (χ2n) is 4.29. The van der Waals surface area contributed by atoms with E-state index in [1.165, 1.54) is 0 Å². The van der Waals surface area contributed by atoms with Crippen LogP contribution >= 0.6 is 0 Å². The number of esters is 1. The number of carbonyl (C=O) groups excluding carboxylic acids is 1. The first-order valence-corrected chi connectivity index (χ1v) is 5.50. The van der Waals surface area contributed by atoms with E-state index in [1.54, 1.807) is 0 Å². The highest BCUT2D eigenvalue weighted by Gasteiger charge is 2.25. The molecule has 0 fully saturated rings. The van der Waals surface area contributed by atoms with Gasteiger partial charge in [-0.3, -0.25) is 4.79 Å². The van der Waals surface area contributed by atoms with E-state index in [0.29, 0.717) is 18.2 Å². The molecule has 3 nitrogen and oxygen atoms in total. The summed E-state index contributed by atoms with van der Waals surface area (Å²) < 4.78 is 5.16. The zero-order valence-electron chi connectivity index (χ0n) is 9.51. The van der Waals surface area contributed by atoms with Gasteiger partial charge in [-0.15, -0.1) is 0 Å². The van der Waals surface area contributed by atoms with Crippen LogP contribution < -0.4 is 0 Å². The summed E-state index contributed by atoms with van der Waals surface area (Å²) in [5, 5.41) is 0. The molecular weight excluding hydrogens is 202 g/mol. The molecule has 0 bridgehead atoms. The Kier molecular flexibility index (Phi) is 3.04. The zero-order chi connectivity index (χ0) is 11.5. The molecule has 0 saturated heterocycles. The molecule has 16 heavy (non-hydrogen) atoms. The van der Waals surface area contributed by atoms with E-state index in [-0.39, 0.29) is 12.0 Å². The fraction of sp³-hybridized carbons (Fsp3) is 0.385. The summed E-state index contributed by atoms with van der Waals surface area (Å²) in [6.45, 7) is 4.13. The number of cyclic esters (lactones) is 1. The van der Waals surface area contributed by atoms with Crippen molar-refractivity contribution in [3.8, 4) is 0 Å². The maximum absolute atomic E-state index is 11.5. The molecule has 0 amide bonds. The maximum Gasteiger partial charge on any atom is 0.314 e. The van der Waals surface area contributed by atoms with Crippen LogP contribution in [0.1, 0.15) is 25.8 Å². The minimum Gasteiger partial charge on any atom is -0.407 e. The molecule has 0 spiro atoms. The summed E-state index contributed by atoms with van der Waals surface area (Å²) in [5.41, 5.74) is 0.862. The molecule has 1 heterocycles. The largest absolute Gasteiger partial charge is 0.407 e. The van der Waals surface area contributed by atoms with Gasteiger partial charge in [-0.1, -0.05) is 32.0 Å². The van der Waals surface area contributed by atoms with Crippen LogP contribution in [0.3, 0.4) is 0 Å². The van der Waals surface area contributed by atoms with E-state index in [2.05, 4.69) is 18.8 Å². The highest BCUT2D eigenvalue weighted by Crippen LogP contribution is 2.19. The van der Waals surface area contributed by atoms with Gasteiger partial charge in [-0.25, -0.2) is 4.99 Å². The molecule has 3 heteroatoms. The van der Waals surface area contributed by atoms with Crippen LogP contribution in [0.5, 0.6) is 0 Å². The number of aliphatic imine (C=N–C) groups is 1. The third-order valence-electron chi connectivity index (χ3n) is 2.66. The maximum atomic E-state index is 11.5. The Morgan fingerprint density at radius 1 is 1.31 bits per heavy atom. The zero-order valence-corrected chi connectivity index (χ0v) is 9.51. The summed E-state index contributed by atoms with van der Waals surface area (Å²) in [6.07, 6.45) is 0.383. The third-order valence-corrected chi connectivity index (χ3v) is 2.66. The minimum absolute atomic E-state index is 0.0384. The van der Waals surface area contributed by atoms with Gasteiger partial charge in [-0.05, 0) is 18.1 Å². The Labute approximate surface area is 95.2 Å². The lowest BCUT2D eigenvalue weighted by atomic mass is 10.0. The number of benzene rings is 1. The van der Waals surface area contributed by atoms with Crippen molar-refractivity contribution < 1.29 is 9.53 Å². The Bertz CT molecular complexity index is 409. The second kappa shape index (κ2) is 4.47. The predicted molar refractivity (Wildman–Crippen MR) is 62.3 cm³/mol. The fourth-order valence-corrected chi connectivity index (χ4v) is 1.64. The Morgan fingerprint density at radius 3 is 2.62 bits per heavy atom. The molecule has 0 unspecified atom stereocenters. The van der Waals surface area contributed by atoms with E-state index < -0.39 is 0 Å². The third kappa shape index (κ3) is 2.30. The molecule has 1 aliphatic heterocycles. The molecule has 1 aromatic carbocycles. The van der Waals surface area contributed by atoms with Gasteiger partial charge < -0.3 is 4.74 Å². The van der Waals surface area contributed by atoms with Crippen LogP contribution in [0.2, 0.25) is 0 Å². The first kappa shape index (κ1) is 10.9. The summed E-state index contributed by atoms with van der Waals surface area (Å²) in [6, 6.07) is 9.57. The summed E-state index contributed by atoms with van der Waals surface area (Å²) in [4.78, 5) is 15.9. The Balaban J connectivity index is 2.30. The number of hydrogen-bond acceptors (Lipinski definition) is 3. The normalized spacial score (nSPS) is 20.6. The predicted octanol–water partition coefficient (Wildman–Crippen LogP) is 2.40. The van der Waals surface area contributed by atoms with Crippen LogP contribution in [-0.4, -0.2) is 17.9 Å². The average Bonchev–Trinajstić information content (AvgIpc) is 2.29. The summed E-state index contributed by atoms with van der Waals surface area (Å²) in [5.74, 6) is 0.620. The number of nitrogens with zero attached hydrogens (tertiary/aromatic N) is 1. The Morgan fingerprint density at radius 2 is 2.00 bits per heavy atom. The molecule has 0 N–H and O–H groups in total. The van der Waals surface area contributed by atoms with Crippen LogP contribution in [0.4, 0.5) is 0 Å². The molecule has 2 rings (SSSR count). The van der Waals surface area contributed by atoms with Crippen molar-refractivity contribution in [3.05, 3.63) is 35.9 Å². The second-order valence-corrected chi connectivity index (χ2v) is 4.29. The van der Waals surface area contributed by atoms with Crippen molar-refractivity contribution in [2.45, 2.75) is 26.3 Å². The van der Waals surface area contributed by atoms with E-state index >= 15 is 0 Å². The first-order valence-electron chi connectivity index (χ1n) is 5.50. The van der Waals surface area contributed by atoms with Crippen molar-refractivity contribution in [1.82, 2.24) is 0 Å². The van der Waals surface area contributed by atoms with Gasteiger partial charge in [0, 0.05) is 5.56 Å². The minimum atomic E-state index is -0.187. The first-order chi connectivity index (χ1) is 7.66. The van der Waals surface area contributed by atoms with Crippen LogP contribution in [-0.2, 0) is 9.53 Å². The highest BCUT2D eigenvalue weighted by molar-refractivity contribution is 6.02. The lowest BCUT2D eigenvalue weighted by Gasteiger charge is -2.22. The topological polar surface area (TPSA) is 38.7 Å². The lowest BCUT2D eigenvalue weighted by Crippen LogP contribution is -2.29. The van der Waals surface area contributed by atoms with E-state index in [1.807, 2.05) is 30.3 Å². The van der Waals surface area contributed by atoms with Gasteiger partial charge in [0.05, 0.1) is 12.5 Å². The smallest absolute Gasteiger partial charge is 0.314 e. The molecule has 0 saturated carbocycles. The van der Waals surface area contributed by atoms with Crippen molar-refractivity contribution in [2.75, 3.05) is 0 Å². The van der Waals surface area contributed by atoms with Crippen molar-refractivity contribution >= 4 is 11.9 Å². The molecular formula is C13H15NO2. The lowest BCUT2D eigenvalue weighted by molar-refractivity contribution is -0.137. The summed E-state index contributed by atoms with van der Waals surface area (Å²) >= 11 is 0. The molecule has 0 aliphatic carbocycles. The van der Waals surface area contributed by atoms with Gasteiger partial charge in [0.25, 0.3) is 0 Å². The highest BCUT2D eigenvalue weighted by atomic mass is 16.5. The van der Waals surface area contributed by atoms with Gasteiger partial charge in [0.2, 0.25) is 5.90 Å². The quantitative estimate of drug-likeness (QED) is 0.713. The van der Waals surface area contributed by atoms with Gasteiger partial charge in [0.15, 0.2) is 0 Å². The number of hydrogen-bond donors (Lipinski definition) is 0. The molecule has 1 aromatic rings. The van der Waals surface area contributed by atoms with Crippen LogP contribution in [0.15, 0.2) is 35.3 Å². The molecule has 0 radical (unpaired) electrons.